The lowest BCUT2D eigenvalue weighted by Crippen LogP contribution is -2.32. The lowest BCUT2D eigenvalue weighted by molar-refractivity contribution is -0.0588. The lowest BCUT2D eigenvalue weighted by atomic mass is 10.1. The van der Waals surface area contributed by atoms with Gasteiger partial charge in [-0.05, 0) is 12.1 Å². The van der Waals surface area contributed by atoms with Crippen molar-refractivity contribution in [1.29, 1.82) is 0 Å². The summed E-state index contributed by atoms with van der Waals surface area (Å²) < 4.78 is 1.58. The number of fused-ring (bicyclic) bond motifs is 2. The van der Waals surface area contributed by atoms with Crippen LogP contribution in [0, 0.1) is 0 Å². The molecule has 4 rings (SSSR count). The predicted octanol–water partition coefficient (Wildman–Crippen LogP) is 1.10. The molecule has 8 nitrogen and oxygen atoms in total. The zero-order valence-electron chi connectivity index (χ0n) is 11.5. The van der Waals surface area contributed by atoms with Crippen molar-refractivity contribution in [3.05, 3.63) is 65.9 Å². The number of rotatable bonds is 2. The van der Waals surface area contributed by atoms with Crippen LogP contribution in [0.25, 0.3) is 5.65 Å². The van der Waals surface area contributed by atoms with E-state index in [1.165, 1.54) is 30.7 Å². The molecule has 8 heteroatoms. The smallest absolute Gasteiger partial charge is 0.322 e. The molecular formula is C15H8N4O4. The molecule has 3 heterocycles. The molecular weight excluding hydrogens is 300 g/mol. The summed E-state index contributed by atoms with van der Waals surface area (Å²) in [5.41, 5.74) is 0.811. The van der Waals surface area contributed by atoms with Crippen molar-refractivity contribution in [2.75, 3.05) is 0 Å². The Kier molecular flexibility index (Phi) is 2.70. The Hall–Kier alpha value is -3.55. The lowest BCUT2D eigenvalue weighted by Gasteiger charge is -2.11. The normalized spacial score (nSPS) is 13.5. The SMILES string of the molecule is O=C(ON1C(=O)c2ccccc2C1=O)c1cn2ccncc2n1. The standard InChI is InChI=1S/C15H8N4O4/c20-13-9-3-1-2-4-10(9)14(21)19(13)23-15(22)11-8-18-6-5-16-7-12(18)17-11/h1-8H. The highest BCUT2D eigenvalue weighted by atomic mass is 16.7. The molecule has 0 saturated carbocycles. The van der Waals surface area contributed by atoms with Crippen LogP contribution < -0.4 is 0 Å². The van der Waals surface area contributed by atoms with Crippen LogP contribution in [0.5, 0.6) is 0 Å². The monoisotopic (exact) mass is 308 g/mol. The van der Waals surface area contributed by atoms with Crippen LogP contribution in [0.15, 0.2) is 49.1 Å². The van der Waals surface area contributed by atoms with Crippen LogP contribution in [0.3, 0.4) is 0 Å². The Labute approximate surface area is 128 Å². The van der Waals surface area contributed by atoms with Crippen molar-refractivity contribution in [1.82, 2.24) is 19.4 Å². The van der Waals surface area contributed by atoms with Crippen LogP contribution in [0.2, 0.25) is 0 Å². The van der Waals surface area contributed by atoms with Crippen molar-refractivity contribution in [2.45, 2.75) is 0 Å². The minimum absolute atomic E-state index is 0.0328. The van der Waals surface area contributed by atoms with Gasteiger partial charge >= 0.3 is 5.97 Å². The fraction of sp³-hybridized carbons (Fsp3) is 0. The van der Waals surface area contributed by atoms with Gasteiger partial charge in [0, 0.05) is 18.6 Å². The van der Waals surface area contributed by atoms with E-state index in [0.717, 1.165) is 0 Å². The van der Waals surface area contributed by atoms with E-state index in [2.05, 4.69) is 9.97 Å². The maximum Gasteiger partial charge on any atom is 0.383 e. The molecule has 1 aromatic carbocycles. The van der Waals surface area contributed by atoms with Crippen molar-refractivity contribution < 1.29 is 19.2 Å². The van der Waals surface area contributed by atoms with Gasteiger partial charge in [-0.2, -0.15) is 0 Å². The number of hydrogen-bond donors (Lipinski definition) is 0. The highest BCUT2D eigenvalue weighted by Crippen LogP contribution is 2.23. The summed E-state index contributed by atoms with van der Waals surface area (Å²) in [5.74, 6) is -2.25. The minimum atomic E-state index is -0.900. The number of carbonyl (C=O) groups excluding carboxylic acids is 3. The van der Waals surface area contributed by atoms with E-state index in [1.807, 2.05) is 0 Å². The summed E-state index contributed by atoms with van der Waals surface area (Å²) in [5, 5.41) is 0.454. The van der Waals surface area contributed by atoms with Gasteiger partial charge in [-0.3, -0.25) is 14.6 Å². The molecule has 1 aliphatic rings. The Morgan fingerprint density at radius 3 is 2.43 bits per heavy atom. The number of hydrogen-bond acceptors (Lipinski definition) is 6. The quantitative estimate of drug-likeness (QED) is 0.658. The topological polar surface area (TPSA) is 93.9 Å². The van der Waals surface area contributed by atoms with Gasteiger partial charge in [0.15, 0.2) is 11.3 Å². The molecule has 2 amide bonds. The summed E-state index contributed by atoms with van der Waals surface area (Å²) in [7, 11) is 0. The van der Waals surface area contributed by atoms with E-state index < -0.39 is 17.8 Å². The summed E-state index contributed by atoms with van der Waals surface area (Å²) in [6.45, 7) is 0. The van der Waals surface area contributed by atoms with Crippen molar-refractivity contribution in [3.8, 4) is 0 Å². The highest BCUT2D eigenvalue weighted by molar-refractivity contribution is 6.21. The molecule has 0 bridgehead atoms. The van der Waals surface area contributed by atoms with Gasteiger partial charge in [0.05, 0.1) is 17.3 Å². The Bertz CT molecular complexity index is 910. The summed E-state index contributed by atoms with van der Waals surface area (Å²) >= 11 is 0. The molecule has 0 N–H and O–H groups in total. The Balaban J connectivity index is 1.62. The largest absolute Gasteiger partial charge is 0.383 e. The molecule has 112 valence electrons. The molecule has 0 fully saturated rings. The average molecular weight is 308 g/mol. The molecule has 23 heavy (non-hydrogen) atoms. The number of imidazole rings is 1. The number of hydroxylamine groups is 2. The van der Waals surface area contributed by atoms with Crippen LogP contribution in [0.1, 0.15) is 31.2 Å². The molecule has 1 aliphatic heterocycles. The number of nitrogens with zero attached hydrogens (tertiary/aromatic N) is 4. The van der Waals surface area contributed by atoms with Gasteiger partial charge in [0.25, 0.3) is 11.8 Å². The van der Waals surface area contributed by atoms with Crippen LogP contribution in [-0.2, 0) is 4.84 Å². The molecule has 2 aromatic heterocycles. The second kappa shape index (κ2) is 4.73. The first-order valence-electron chi connectivity index (χ1n) is 6.64. The first-order valence-corrected chi connectivity index (χ1v) is 6.64. The van der Waals surface area contributed by atoms with E-state index in [1.54, 1.807) is 22.7 Å². The molecule has 0 saturated heterocycles. The zero-order chi connectivity index (χ0) is 16.0. The minimum Gasteiger partial charge on any atom is -0.322 e. The van der Waals surface area contributed by atoms with E-state index in [0.29, 0.717) is 10.7 Å². The molecule has 0 radical (unpaired) electrons. The maximum atomic E-state index is 12.1. The van der Waals surface area contributed by atoms with Crippen LogP contribution in [-0.4, -0.2) is 37.2 Å². The predicted molar refractivity (Wildman–Crippen MR) is 75.3 cm³/mol. The van der Waals surface area contributed by atoms with Gasteiger partial charge in [-0.25, -0.2) is 9.78 Å². The highest BCUT2D eigenvalue weighted by Gasteiger charge is 2.39. The number of aromatic nitrogens is 3. The number of imide groups is 1. The Morgan fingerprint density at radius 1 is 1.09 bits per heavy atom. The molecule has 0 atom stereocenters. The second-order valence-electron chi connectivity index (χ2n) is 4.80. The average Bonchev–Trinajstić information content (AvgIpc) is 3.11. The van der Waals surface area contributed by atoms with Crippen molar-refractivity contribution in [2.24, 2.45) is 0 Å². The molecule has 0 aliphatic carbocycles. The van der Waals surface area contributed by atoms with E-state index in [9.17, 15) is 14.4 Å². The Morgan fingerprint density at radius 2 is 1.78 bits per heavy atom. The second-order valence-corrected chi connectivity index (χ2v) is 4.80. The fourth-order valence-electron chi connectivity index (χ4n) is 2.32. The molecule has 0 unspecified atom stereocenters. The fourth-order valence-corrected chi connectivity index (χ4v) is 2.32. The number of benzene rings is 1. The number of amides is 2. The summed E-state index contributed by atoms with van der Waals surface area (Å²) in [4.78, 5) is 49.3. The van der Waals surface area contributed by atoms with E-state index in [-0.39, 0.29) is 16.8 Å². The van der Waals surface area contributed by atoms with Crippen molar-refractivity contribution in [3.63, 3.8) is 0 Å². The van der Waals surface area contributed by atoms with Gasteiger partial charge in [0.2, 0.25) is 0 Å². The first-order chi connectivity index (χ1) is 11.1. The summed E-state index contributed by atoms with van der Waals surface area (Å²) in [6.07, 6.45) is 6.05. The van der Waals surface area contributed by atoms with Crippen LogP contribution >= 0.6 is 0 Å². The third-order valence-electron chi connectivity index (χ3n) is 3.40. The summed E-state index contributed by atoms with van der Waals surface area (Å²) in [6, 6.07) is 6.26. The van der Waals surface area contributed by atoms with Crippen LogP contribution in [0.4, 0.5) is 0 Å². The van der Waals surface area contributed by atoms with E-state index in [4.69, 9.17) is 4.84 Å². The van der Waals surface area contributed by atoms with E-state index >= 15 is 0 Å². The van der Waals surface area contributed by atoms with Gasteiger partial charge in [-0.1, -0.05) is 17.2 Å². The number of carbonyl (C=O) groups is 3. The van der Waals surface area contributed by atoms with Gasteiger partial charge < -0.3 is 9.24 Å². The maximum absolute atomic E-state index is 12.1. The van der Waals surface area contributed by atoms with Crippen molar-refractivity contribution >= 4 is 23.4 Å². The molecule has 3 aromatic rings. The van der Waals surface area contributed by atoms with Gasteiger partial charge in [0.1, 0.15) is 0 Å². The molecule has 0 spiro atoms. The third kappa shape index (κ3) is 1.96. The third-order valence-corrected chi connectivity index (χ3v) is 3.40. The first kappa shape index (κ1) is 13.1. The zero-order valence-corrected chi connectivity index (χ0v) is 11.5. The van der Waals surface area contributed by atoms with Gasteiger partial charge in [-0.15, -0.1) is 0 Å².